The van der Waals surface area contributed by atoms with Gasteiger partial charge in [-0.3, -0.25) is 4.79 Å². The van der Waals surface area contributed by atoms with E-state index in [0.717, 1.165) is 5.69 Å². The summed E-state index contributed by atoms with van der Waals surface area (Å²) in [7, 11) is 3.50. The predicted molar refractivity (Wildman–Crippen MR) is 69.4 cm³/mol. The number of ether oxygens (including phenoxy) is 1. The van der Waals surface area contributed by atoms with Gasteiger partial charge in [0.1, 0.15) is 5.75 Å². The van der Waals surface area contributed by atoms with Gasteiger partial charge < -0.3 is 15.0 Å². The summed E-state index contributed by atoms with van der Waals surface area (Å²) in [6.45, 7) is 0.415. The molecule has 5 nitrogen and oxygen atoms in total. The van der Waals surface area contributed by atoms with E-state index >= 15 is 0 Å². The fraction of sp³-hybridized carbons (Fsp3) is 0.385. The second-order valence-electron chi connectivity index (χ2n) is 3.79. The standard InChI is InChI=1S/C13H17N3O2/c1-15-11-4-6-12(7-5-11)18-10-13(17)16(2)9-3-8-14/h4-7,15H,3,9-10H2,1-2H3. The topological polar surface area (TPSA) is 65.4 Å². The van der Waals surface area contributed by atoms with Crippen LogP contribution in [-0.4, -0.2) is 38.1 Å². The fourth-order valence-corrected chi connectivity index (χ4v) is 1.32. The van der Waals surface area contributed by atoms with Crippen molar-refractivity contribution in [2.75, 3.05) is 32.6 Å². The van der Waals surface area contributed by atoms with Gasteiger partial charge in [0.2, 0.25) is 0 Å². The maximum atomic E-state index is 11.6. The average molecular weight is 247 g/mol. The Kier molecular flexibility index (Phi) is 5.52. The SMILES string of the molecule is CNc1ccc(OCC(=O)N(C)CCC#N)cc1. The molecule has 0 aromatic heterocycles. The van der Waals surface area contributed by atoms with Crippen LogP contribution in [0.2, 0.25) is 0 Å². The molecule has 1 amide bonds. The highest BCUT2D eigenvalue weighted by Crippen LogP contribution is 2.14. The highest BCUT2D eigenvalue weighted by molar-refractivity contribution is 5.77. The van der Waals surface area contributed by atoms with Crippen molar-refractivity contribution in [1.29, 1.82) is 5.26 Å². The van der Waals surface area contributed by atoms with Gasteiger partial charge in [-0.1, -0.05) is 0 Å². The Labute approximate surface area is 107 Å². The Hall–Kier alpha value is -2.22. The van der Waals surface area contributed by atoms with E-state index in [1.54, 1.807) is 19.2 Å². The predicted octanol–water partition coefficient (Wildman–Crippen LogP) is 1.48. The third-order valence-electron chi connectivity index (χ3n) is 2.49. The van der Waals surface area contributed by atoms with Gasteiger partial charge in [0.05, 0.1) is 12.5 Å². The van der Waals surface area contributed by atoms with E-state index in [-0.39, 0.29) is 12.5 Å². The molecule has 0 atom stereocenters. The molecule has 0 fully saturated rings. The highest BCUT2D eigenvalue weighted by atomic mass is 16.5. The number of nitrogens with one attached hydrogen (secondary N) is 1. The first kappa shape index (κ1) is 13.8. The van der Waals surface area contributed by atoms with Crippen LogP contribution in [0.15, 0.2) is 24.3 Å². The fourth-order valence-electron chi connectivity index (χ4n) is 1.32. The van der Waals surface area contributed by atoms with Crippen LogP contribution in [0.25, 0.3) is 0 Å². The zero-order valence-corrected chi connectivity index (χ0v) is 10.6. The highest BCUT2D eigenvalue weighted by Gasteiger charge is 2.08. The second-order valence-corrected chi connectivity index (χ2v) is 3.79. The summed E-state index contributed by atoms with van der Waals surface area (Å²) in [5, 5.41) is 11.4. The summed E-state index contributed by atoms with van der Waals surface area (Å²) in [6, 6.07) is 9.35. The molecule has 0 heterocycles. The molecule has 0 aliphatic carbocycles. The van der Waals surface area contributed by atoms with Crippen molar-refractivity contribution in [3.63, 3.8) is 0 Å². The summed E-state index contributed by atoms with van der Waals surface area (Å²) < 4.78 is 5.37. The number of carbonyl (C=O) groups is 1. The Bertz CT molecular complexity index is 423. The van der Waals surface area contributed by atoms with Gasteiger partial charge in [0.15, 0.2) is 6.61 Å². The first-order valence-electron chi connectivity index (χ1n) is 5.69. The molecule has 0 aliphatic rings. The molecular weight excluding hydrogens is 230 g/mol. The van der Waals surface area contributed by atoms with E-state index in [4.69, 9.17) is 10.00 Å². The quantitative estimate of drug-likeness (QED) is 0.827. The largest absolute Gasteiger partial charge is 0.484 e. The van der Waals surface area contributed by atoms with E-state index in [2.05, 4.69) is 5.32 Å². The number of benzene rings is 1. The molecule has 1 N–H and O–H groups in total. The average Bonchev–Trinajstić information content (AvgIpc) is 2.42. The molecule has 0 spiro atoms. The van der Waals surface area contributed by atoms with E-state index in [9.17, 15) is 4.79 Å². The normalized spacial score (nSPS) is 9.39. The Morgan fingerprint density at radius 3 is 2.67 bits per heavy atom. The summed E-state index contributed by atoms with van der Waals surface area (Å²) in [4.78, 5) is 13.1. The van der Waals surface area contributed by atoms with E-state index in [1.165, 1.54) is 4.90 Å². The molecule has 1 aromatic carbocycles. The molecule has 0 unspecified atom stereocenters. The molecular formula is C13H17N3O2. The Morgan fingerprint density at radius 2 is 2.11 bits per heavy atom. The van der Waals surface area contributed by atoms with Crippen molar-refractivity contribution in [2.45, 2.75) is 6.42 Å². The van der Waals surface area contributed by atoms with Gasteiger partial charge in [0.25, 0.3) is 5.91 Å². The van der Waals surface area contributed by atoms with Gasteiger partial charge >= 0.3 is 0 Å². The molecule has 1 aromatic rings. The monoisotopic (exact) mass is 247 g/mol. The minimum absolute atomic E-state index is 0.0131. The minimum Gasteiger partial charge on any atom is -0.484 e. The van der Waals surface area contributed by atoms with Gasteiger partial charge in [-0.25, -0.2) is 0 Å². The third kappa shape index (κ3) is 4.34. The lowest BCUT2D eigenvalue weighted by Gasteiger charge is -2.15. The van der Waals surface area contributed by atoms with Crippen LogP contribution >= 0.6 is 0 Å². The maximum Gasteiger partial charge on any atom is 0.260 e. The Morgan fingerprint density at radius 1 is 1.44 bits per heavy atom. The number of hydrogen-bond acceptors (Lipinski definition) is 4. The van der Waals surface area contributed by atoms with Crippen LogP contribution in [0, 0.1) is 11.3 Å². The number of anilines is 1. The Balaban J connectivity index is 2.39. The smallest absolute Gasteiger partial charge is 0.260 e. The summed E-state index contributed by atoms with van der Waals surface area (Å²) in [6.07, 6.45) is 0.332. The van der Waals surface area contributed by atoms with Crippen molar-refractivity contribution in [1.82, 2.24) is 4.90 Å². The summed E-state index contributed by atoms with van der Waals surface area (Å²) >= 11 is 0. The number of rotatable bonds is 6. The van der Waals surface area contributed by atoms with Gasteiger partial charge in [-0.15, -0.1) is 0 Å². The first-order chi connectivity index (χ1) is 8.67. The van der Waals surface area contributed by atoms with Crippen LogP contribution in [0.1, 0.15) is 6.42 Å². The van der Waals surface area contributed by atoms with Crippen molar-refractivity contribution in [3.05, 3.63) is 24.3 Å². The lowest BCUT2D eigenvalue weighted by molar-refractivity contribution is -0.131. The molecule has 96 valence electrons. The maximum absolute atomic E-state index is 11.6. The summed E-state index contributed by atoms with van der Waals surface area (Å²) in [5.74, 6) is 0.513. The van der Waals surface area contributed by atoms with Crippen LogP contribution in [0.4, 0.5) is 5.69 Å². The van der Waals surface area contributed by atoms with Crippen LogP contribution in [0.3, 0.4) is 0 Å². The van der Waals surface area contributed by atoms with Gasteiger partial charge in [-0.2, -0.15) is 5.26 Å². The number of carbonyl (C=O) groups excluding carboxylic acids is 1. The van der Waals surface area contributed by atoms with Crippen LogP contribution in [0.5, 0.6) is 5.75 Å². The number of hydrogen-bond donors (Lipinski definition) is 1. The number of nitriles is 1. The molecule has 0 aliphatic heterocycles. The first-order valence-corrected chi connectivity index (χ1v) is 5.69. The van der Waals surface area contributed by atoms with E-state index < -0.39 is 0 Å². The molecule has 18 heavy (non-hydrogen) atoms. The van der Waals surface area contributed by atoms with Crippen molar-refractivity contribution >= 4 is 11.6 Å². The van der Waals surface area contributed by atoms with Crippen molar-refractivity contribution < 1.29 is 9.53 Å². The number of amides is 1. The second kappa shape index (κ2) is 7.17. The van der Waals surface area contributed by atoms with Crippen LogP contribution in [-0.2, 0) is 4.79 Å². The van der Waals surface area contributed by atoms with E-state index in [1.807, 2.05) is 25.2 Å². The molecule has 0 bridgehead atoms. The number of likely N-dealkylation sites (N-methyl/N-ethyl adjacent to an activating group) is 1. The van der Waals surface area contributed by atoms with Gasteiger partial charge in [-0.05, 0) is 24.3 Å². The zero-order chi connectivity index (χ0) is 13.4. The summed E-state index contributed by atoms with van der Waals surface area (Å²) in [5.41, 5.74) is 0.986. The third-order valence-corrected chi connectivity index (χ3v) is 2.49. The molecule has 0 saturated carbocycles. The number of nitrogens with zero attached hydrogens (tertiary/aromatic N) is 2. The van der Waals surface area contributed by atoms with Crippen molar-refractivity contribution in [2.24, 2.45) is 0 Å². The van der Waals surface area contributed by atoms with Crippen LogP contribution < -0.4 is 10.1 Å². The molecule has 0 radical (unpaired) electrons. The molecule has 1 rings (SSSR count). The lowest BCUT2D eigenvalue weighted by atomic mass is 10.3. The van der Waals surface area contributed by atoms with Crippen molar-refractivity contribution in [3.8, 4) is 11.8 Å². The van der Waals surface area contributed by atoms with Gasteiger partial charge in [0, 0.05) is 26.3 Å². The lowest BCUT2D eigenvalue weighted by Crippen LogP contribution is -2.32. The molecule has 0 saturated heterocycles. The minimum atomic E-state index is -0.136. The van der Waals surface area contributed by atoms with E-state index in [0.29, 0.717) is 18.7 Å². The molecule has 5 heteroatoms. The zero-order valence-electron chi connectivity index (χ0n) is 10.6.